The lowest BCUT2D eigenvalue weighted by Gasteiger charge is -2.34. The SMILES string of the molecule is CCC1CCN(c2cc(Cl)ccc2CN)CC1. The van der Waals surface area contributed by atoms with Crippen LogP contribution in [0, 0.1) is 5.92 Å². The molecule has 0 saturated carbocycles. The van der Waals surface area contributed by atoms with Crippen LogP contribution >= 0.6 is 11.6 Å². The normalized spacial score (nSPS) is 17.5. The van der Waals surface area contributed by atoms with Crippen LogP contribution in [0.1, 0.15) is 31.7 Å². The van der Waals surface area contributed by atoms with Gasteiger partial charge >= 0.3 is 0 Å². The molecule has 0 atom stereocenters. The van der Waals surface area contributed by atoms with Crippen molar-refractivity contribution in [2.45, 2.75) is 32.7 Å². The van der Waals surface area contributed by atoms with Gasteiger partial charge in [-0.1, -0.05) is 31.0 Å². The van der Waals surface area contributed by atoms with Crippen LogP contribution in [0.5, 0.6) is 0 Å². The highest BCUT2D eigenvalue weighted by molar-refractivity contribution is 6.30. The molecule has 1 aromatic rings. The second-order valence-electron chi connectivity index (χ2n) is 4.82. The molecule has 0 aromatic heterocycles. The first-order valence-corrected chi connectivity index (χ1v) is 6.85. The van der Waals surface area contributed by atoms with Crippen LogP contribution in [0.2, 0.25) is 5.02 Å². The zero-order chi connectivity index (χ0) is 12.3. The zero-order valence-corrected chi connectivity index (χ0v) is 11.2. The van der Waals surface area contributed by atoms with Gasteiger partial charge in [0.1, 0.15) is 0 Å². The summed E-state index contributed by atoms with van der Waals surface area (Å²) in [5, 5.41) is 0.801. The molecule has 0 radical (unpaired) electrons. The number of nitrogens with two attached hydrogens (primary N) is 1. The molecule has 1 saturated heterocycles. The topological polar surface area (TPSA) is 29.3 Å². The third-order valence-electron chi connectivity index (χ3n) is 3.80. The van der Waals surface area contributed by atoms with E-state index >= 15 is 0 Å². The summed E-state index contributed by atoms with van der Waals surface area (Å²) in [6.07, 6.45) is 3.87. The third kappa shape index (κ3) is 2.93. The minimum atomic E-state index is 0.584. The predicted octanol–water partition coefficient (Wildman–Crippen LogP) is 3.43. The average molecular weight is 253 g/mol. The first-order chi connectivity index (χ1) is 8.24. The maximum Gasteiger partial charge on any atom is 0.0426 e. The molecule has 2 N–H and O–H groups in total. The highest BCUT2D eigenvalue weighted by Crippen LogP contribution is 2.29. The van der Waals surface area contributed by atoms with Crippen LogP contribution in [-0.4, -0.2) is 13.1 Å². The molecular formula is C14H21ClN2. The van der Waals surface area contributed by atoms with E-state index in [2.05, 4.69) is 17.9 Å². The highest BCUT2D eigenvalue weighted by atomic mass is 35.5. The van der Waals surface area contributed by atoms with E-state index in [0.717, 1.165) is 24.0 Å². The predicted molar refractivity (Wildman–Crippen MR) is 74.6 cm³/mol. The number of halogens is 1. The van der Waals surface area contributed by atoms with Crippen molar-refractivity contribution in [3.63, 3.8) is 0 Å². The Morgan fingerprint density at radius 1 is 1.35 bits per heavy atom. The summed E-state index contributed by atoms with van der Waals surface area (Å²) < 4.78 is 0. The summed E-state index contributed by atoms with van der Waals surface area (Å²) in [7, 11) is 0. The molecular weight excluding hydrogens is 232 g/mol. The van der Waals surface area contributed by atoms with Crippen molar-refractivity contribution in [1.82, 2.24) is 0 Å². The number of anilines is 1. The molecule has 0 bridgehead atoms. The van der Waals surface area contributed by atoms with Crippen LogP contribution in [0.15, 0.2) is 18.2 Å². The van der Waals surface area contributed by atoms with Crippen molar-refractivity contribution < 1.29 is 0 Å². The minimum absolute atomic E-state index is 0.584. The van der Waals surface area contributed by atoms with E-state index in [0.29, 0.717) is 6.54 Å². The molecule has 3 heteroatoms. The second-order valence-corrected chi connectivity index (χ2v) is 5.25. The molecule has 1 aromatic carbocycles. The molecule has 0 unspecified atom stereocenters. The summed E-state index contributed by atoms with van der Waals surface area (Å²) in [5.41, 5.74) is 8.22. The number of hydrogen-bond acceptors (Lipinski definition) is 2. The number of hydrogen-bond donors (Lipinski definition) is 1. The molecule has 0 spiro atoms. The molecule has 0 amide bonds. The molecule has 1 fully saturated rings. The van der Waals surface area contributed by atoms with Crippen molar-refractivity contribution in [3.05, 3.63) is 28.8 Å². The fourth-order valence-electron chi connectivity index (χ4n) is 2.59. The molecule has 1 aliphatic heterocycles. The Labute approximate surface area is 109 Å². The lowest BCUT2D eigenvalue weighted by Crippen LogP contribution is -2.34. The van der Waals surface area contributed by atoms with Crippen LogP contribution in [-0.2, 0) is 6.54 Å². The molecule has 1 aliphatic rings. The molecule has 17 heavy (non-hydrogen) atoms. The van der Waals surface area contributed by atoms with Crippen LogP contribution < -0.4 is 10.6 Å². The fraction of sp³-hybridized carbons (Fsp3) is 0.571. The molecule has 0 aliphatic carbocycles. The molecule has 1 heterocycles. The summed E-state index contributed by atoms with van der Waals surface area (Å²) in [5.74, 6) is 0.895. The van der Waals surface area contributed by atoms with Gasteiger partial charge in [0.15, 0.2) is 0 Å². The minimum Gasteiger partial charge on any atom is -0.371 e. The molecule has 2 rings (SSSR count). The third-order valence-corrected chi connectivity index (χ3v) is 4.03. The van der Waals surface area contributed by atoms with Gasteiger partial charge in [-0.3, -0.25) is 0 Å². The summed E-state index contributed by atoms with van der Waals surface area (Å²) in [6, 6.07) is 6.02. The monoisotopic (exact) mass is 252 g/mol. The van der Waals surface area contributed by atoms with Gasteiger partial charge < -0.3 is 10.6 Å². The van der Waals surface area contributed by atoms with Crippen LogP contribution in [0.3, 0.4) is 0 Å². The second kappa shape index (κ2) is 5.74. The summed E-state index contributed by atoms with van der Waals surface area (Å²) in [6.45, 7) is 5.13. The van der Waals surface area contributed by atoms with Gasteiger partial charge in [-0.2, -0.15) is 0 Å². The zero-order valence-electron chi connectivity index (χ0n) is 10.5. The number of benzene rings is 1. The number of nitrogens with zero attached hydrogens (tertiary/aromatic N) is 1. The van der Waals surface area contributed by atoms with Gasteiger partial charge in [-0.15, -0.1) is 0 Å². The number of rotatable bonds is 3. The van der Waals surface area contributed by atoms with Gasteiger partial charge in [0.05, 0.1) is 0 Å². The summed E-state index contributed by atoms with van der Waals surface area (Å²) >= 11 is 6.08. The van der Waals surface area contributed by atoms with Gasteiger partial charge in [0.2, 0.25) is 0 Å². The van der Waals surface area contributed by atoms with Crippen molar-refractivity contribution in [1.29, 1.82) is 0 Å². The van der Waals surface area contributed by atoms with Crippen LogP contribution in [0.25, 0.3) is 0 Å². The standard InChI is InChI=1S/C14H21ClN2/c1-2-11-5-7-17(8-6-11)14-9-13(15)4-3-12(14)10-16/h3-4,9,11H,2,5-8,10,16H2,1H3. The Morgan fingerprint density at radius 2 is 2.06 bits per heavy atom. The van der Waals surface area contributed by atoms with Crippen molar-refractivity contribution >= 4 is 17.3 Å². The average Bonchev–Trinajstić information content (AvgIpc) is 2.39. The lowest BCUT2D eigenvalue weighted by atomic mass is 9.94. The largest absolute Gasteiger partial charge is 0.371 e. The van der Waals surface area contributed by atoms with Gasteiger partial charge in [0.25, 0.3) is 0 Å². The Bertz CT molecular complexity index is 370. The van der Waals surface area contributed by atoms with Crippen molar-refractivity contribution in [3.8, 4) is 0 Å². The molecule has 2 nitrogen and oxygen atoms in total. The first-order valence-electron chi connectivity index (χ1n) is 6.48. The Morgan fingerprint density at radius 3 is 2.65 bits per heavy atom. The summed E-state index contributed by atoms with van der Waals surface area (Å²) in [4.78, 5) is 2.43. The van der Waals surface area contributed by atoms with Crippen LogP contribution in [0.4, 0.5) is 5.69 Å². The maximum atomic E-state index is 6.08. The maximum absolute atomic E-state index is 6.08. The highest BCUT2D eigenvalue weighted by Gasteiger charge is 2.19. The fourth-order valence-corrected chi connectivity index (χ4v) is 2.75. The van der Waals surface area contributed by atoms with E-state index in [-0.39, 0.29) is 0 Å². The van der Waals surface area contributed by atoms with E-state index in [4.69, 9.17) is 17.3 Å². The Balaban J connectivity index is 2.14. The van der Waals surface area contributed by atoms with Gasteiger partial charge in [-0.25, -0.2) is 0 Å². The van der Waals surface area contributed by atoms with E-state index in [9.17, 15) is 0 Å². The number of piperidine rings is 1. The Hall–Kier alpha value is -0.730. The van der Waals surface area contributed by atoms with Gasteiger partial charge in [0, 0.05) is 30.3 Å². The van der Waals surface area contributed by atoms with E-state index in [1.54, 1.807) is 0 Å². The van der Waals surface area contributed by atoms with Crippen molar-refractivity contribution in [2.24, 2.45) is 11.7 Å². The molecule has 94 valence electrons. The van der Waals surface area contributed by atoms with E-state index < -0.39 is 0 Å². The van der Waals surface area contributed by atoms with E-state index in [1.165, 1.54) is 30.5 Å². The smallest absolute Gasteiger partial charge is 0.0426 e. The quantitative estimate of drug-likeness (QED) is 0.893. The lowest BCUT2D eigenvalue weighted by molar-refractivity contribution is 0.395. The van der Waals surface area contributed by atoms with Crippen molar-refractivity contribution in [2.75, 3.05) is 18.0 Å². The van der Waals surface area contributed by atoms with E-state index in [1.807, 2.05) is 12.1 Å². The Kier molecular flexibility index (Phi) is 4.30. The first kappa shape index (κ1) is 12.7. The van der Waals surface area contributed by atoms with Gasteiger partial charge in [-0.05, 0) is 36.5 Å².